The smallest absolute Gasteiger partial charge is 0.244 e. The number of nitrogens with one attached hydrogen (secondary N) is 1. The first-order chi connectivity index (χ1) is 11.1. The number of amides is 1. The quantitative estimate of drug-likeness (QED) is 0.919. The molecule has 1 aromatic carbocycles. The lowest BCUT2D eigenvalue weighted by atomic mass is 9.87. The lowest BCUT2D eigenvalue weighted by Gasteiger charge is -2.32. The van der Waals surface area contributed by atoms with Gasteiger partial charge in [-0.05, 0) is 55.9 Å². The van der Waals surface area contributed by atoms with E-state index >= 15 is 0 Å². The molecule has 0 bridgehead atoms. The van der Waals surface area contributed by atoms with Gasteiger partial charge in [-0.25, -0.2) is 0 Å². The highest BCUT2D eigenvalue weighted by atomic mass is 16.2. The third-order valence-electron chi connectivity index (χ3n) is 5.38. The molecule has 1 aliphatic carbocycles. The van der Waals surface area contributed by atoms with E-state index < -0.39 is 5.41 Å². The molecule has 4 heteroatoms. The third kappa shape index (κ3) is 3.34. The number of benzene rings is 1. The maximum atomic E-state index is 12.4. The molecular weight excluding hydrogens is 286 g/mol. The van der Waals surface area contributed by atoms with E-state index in [0.29, 0.717) is 12.8 Å². The van der Waals surface area contributed by atoms with Gasteiger partial charge in [-0.1, -0.05) is 19.8 Å². The standard InChI is InChI=1S/C19H25N3O/c1-15-8-12-22(13-9-15)17-6-4-16(5-7-17)21-18(23)19(14-20)10-2-3-11-19/h4-7,15H,2-3,8-13H2,1H3,(H,21,23). The Kier molecular flexibility index (Phi) is 4.56. The van der Waals surface area contributed by atoms with Crippen molar-refractivity contribution in [1.82, 2.24) is 0 Å². The van der Waals surface area contributed by atoms with Gasteiger partial charge in [-0.3, -0.25) is 4.79 Å². The van der Waals surface area contributed by atoms with Crippen molar-refractivity contribution < 1.29 is 4.79 Å². The first-order valence-corrected chi connectivity index (χ1v) is 8.71. The number of hydrogen-bond acceptors (Lipinski definition) is 3. The summed E-state index contributed by atoms with van der Waals surface area (Å²) in [6.45, 7) is 4.51. The molecule has 0 spiro atoms. The molecule has 3 rings (SSSR count). The zero-order chi connectivity index (χ0) is 16.3. The number of hydrogen-bond donors (Lipinski definition) is 1. The first-order valence-electron chi connectivity index (χ1n) is 8.71. The van der Waals surface area contributed by atoms with E-state index in [-0.39, 0.29) is 5.91 Å². The van der Waals surface area contributed by atoms with Crippen LogP contribution in [-0.2, 0) is 4.79 Å². The van der Waals surface area contributed by atoms with Crippen LogP contribution < -0.4 is 10.2 Å². The lowest BCUT2D eigenvalue weighted by molar-refractivity contribution is -0.122. The van der Waals surface area contributed by atoms with Crippen LogP contribution in [0.1, 0.15) is 45.4 Å². The number of carbonyl (C=O) groups excluding carboxylic acids is 1. The highest BCUT2D eigenvalue weighted by molar-refractivity contribution is 5.97. The zero-order valence-electron chi connectivity index (χ0n) is 13.8. The molecule has 0 unspecified atom stereocenters. The predicted molar refractivity (Wildman–Crippen MR) is 92.2 cm³/mol. The topological polar surface area (TPSA) is 56.1 Å². The Labute approximate surface area is 138 Å². The van der Waals surface area contributed by atoms with Gasteiger partial charge in [0, 0.05) is 24.5 Å². The fraction of sp³-hybridized carbons (Fsp3) is 0.579. The van der Waals surface area contributed by atoms with E-state index in [0.717, 1.165) is 37.5 Å². The van der Waals surface area contributed by atoms with Crippen molar-refractivity contribution in [1.29, 1.82) is 5.26 Å². The van der Waals surface area contributed by atoms with E-state index in [9.17, 15) is 10.1 Å². The van der Waals surface area contributed by atoms with E-state index in [4.69, 9.17) is 0 Å². The van der Waals surface area contributed by atoms with Crippen LogP contribution in [0.4, 0.5) is 11.4 Å². The van der Waals surface area contributed by atoms with Crippen LogP contribution >= 0.6 is 0 Å². The summed E-state index contributed by atoms with van der Waals surface area (Å²) in [5.74, 6) is 0.676. The highest BCUT2D eigenvalue weighted by Crippen LogP contribution is 2.38. The Morgan fingerprint density at radius 3 is 2.39 bits per heavy atom. The number of nitrogens with zero attached hydrogens (tertiary/aromatic N) is 2. The summed E-state index contributed by atoms with van der Waals surface area (Å²) in [6.07, 6.45) is 5.77. The monoisotopic (exact) mass is 311 g/mol. The van der Waals surface area contributed by atoms with E-state index in [1.807, 2.05) is 12.1 Å². The molecule has 1 saturated carbocycles. The van der Waals surface area contributed by atoms with Gasteiger partial charge in [0.2, 0.25) is 5.91 Å². The summed E-state index contributed by atoms with van der Waals surface area (Å²) in [5, 5.41) is 12.3. The number of anilines is 2. The van der Waals surface area contributed by atoms with Crippen molar-refractivity contribution >= 4 is 17.3 Å². The summed E-state index contributed by atoms with van der Waals surface area (Å²) < 4.78 is 0. The van der Waals surface area contributed by atoms with Crippen molar-refractivity contribution in [3.05, 3.63) is 24.3 Å². The highest BCUT2D eigenvalue weighted by Gasteiger charge is 2.41. The zero-order valence-corrected chi connectivity index (χ0v) is 13.8. The average molecular weight is 311 g/mol. The van der Waals surface area contributed by atoms with Gasteiger partial charge >= 0.3 is 0 Å². The molecule has 1 amide bonds. The molecular formula is C19H25N3O. The fourth-order valence-corrected chi connectivity index (χ4v) is 3.64. The minimum absolute atomic E-state index is 0.142. The number of piperidine rings is 1. The molecule has 0 atom stereocenters. The lowest BCUT2D eigenvalue weighted by Crippen LogP contribution is -2.33. The second-order valence-corrected chi connectivity index (χ2v) is 7.07. The van der Waals surface area contributed by atoms with Crippen LogP contribution in [-0.4, -0.2) is 19.0 Å². The Balaban J connectivity index is 1.64. The van der Waals surface area contributed by atoms with Crippen LogP contribution in [0.15, 0.2) is 24.3 Å². The van der Waals surface area contributed by atoms with Crippen LogP contribution in [0.3, 0.4) is 0 Å². The van der Waals surface area contributed by atoms with Gasteiger partial charge in [0.25, 0.3) is 0 Å². The number of nitriles is 1. The molecule has 0 radical (unpaired) electrons. The summed E-state index contributed by atoms with van der Waals surface area (Å²) in [5.41, 5.74) is 1.18. The molecule has 2 fully saturated rings. The van der Waals surface area contributed by atoms with Gasteiger partial charge in [0.1, 0.15) is 5.41 Å². The van der Waals surface area contributed by atoms with Gasteiger partial charge < -0.3 is 10.2 Å². The number of carbonyl (C=O) groups is 1. The largest absolute Gasteiger partial charge is 0.372 e. The Bertz CT molecular complexity index is 588. The van der Waals surface area contributed by atoms with Gasteiger partial charge in [0.05, 0.1) is 6.07 Å². The molecule has 0 aromatic heterocycles. The molecule has 122 valence electrons. The van der Waals surface area contributed by atoms with Crippen molar-refractivity contribution in [3.63, 3.8) is 0 Å². The predicted octanol–water partition coefficient (Wildman–Crippen LogP) is 3.95. The van der Waals surface area contributed by atoms with Crippen molar-refractivity contribution in [3.8, 4) is 6.07 Å². The molecule has 1 N–H and O–H groups in total. The van der Waals surface area contributed by atoms with Crippen molar-refractivity contribution in [2.75, 3.05) is 23.3 Å². The summed E-state index contributed by atoms with van der Waals surface area (Å²) in [4.78, 5) is 14.8. The third-order valence-corrected chi connectivity index (χ3v) is 5.38. The molecule has 23 heavy (non-hydrogen) atoms. The van der Waals surface area contributed by atoms with Crippen molar-refractivity contribution in [2.24, 2.45) is 11.3 Å². The fourth-order valence-electron chi connectivity index (χ4n) is 3.64. The average Bonchev–Trinajstić information content (AvgIpc) is 3.07. The Hall–Kier alpha value is -2.02. The van der Waals surface area contributed by atoms with E-state index in [1.165, 1.54) is 18.5 Å². The van der Waals surface area contributed by atoms with Crippen LogP contribution in [0, 0.1) is 22.7 Å². The molecule has 1 saturated heterocycles. The van der Waals surface area contributed by atoms with Gasteiger partial charge in [-0.15, -0.1) is 0 Å². The second-order valence-electron chi connectivity index (χ2n) is 7.07. The van der Waals surface area contributed by atoms with Crippen LogP contribution in [0.5, 0.6) is 0 Å². The van der Waals surface area contributed by atoms with Crippen molar-refractivity contribution in [2.45, 2.75) is 45.4 Å². The van der Waals surface area contributed by atoms with Gasteiger partial charge in [-0.2, -0.15) is 5.26 Å². The molecule has 4 nitrogen and oxygen atoms in total. The first kappa shape index (κ1) is 15.9. The molecule has 1 aromatic rings. The SMILES string of the molecule is CC1CCN(c2ccc(NC(=O)C3(C#N)CCCC3)cc2)CC1. The molecule has 1 aliphatic heterocycles. The van der Waals surface area contributed by atoms with Crippen LogP contribution in [0.25, 0.3) is 0 Å². The summed E-state index contributed by atoms with van der Waals surface area (Å²) in [7, 11) is 0. The maximum absolute atomic E-state index is 12.4. The summed E-state index contributed by atoms with van der Waals surface area (Å²) in [6, 6.07) is 10.3. The molecule has 2 aliphatic rings. The van der Waals surface area contributed by atoms with Crippen LogP contribution in [0.2, 0.25) is 0 Å². The minimum atomic E-state index is -0.818. The maximum Gasteiger partial charge on any atom is 0.244 e. The van der Waals surface area contributed by atoms with E-state index in [2.05, 4.69) is 35.3 Å². The van der Waals surface area contributed by atoms with Gasteiger partial charge in [0.15, 0.2) is 0 Å². The number of rotatable bonds is 3. The molecule has 1 heterocycles. The summed E-state index contributed by atoms with van der Waals surface area (Å²) >= 11 is 0. The second kappa shape index (κ2) is 6.62. The normalized spacial score (nSPS) is 21.0. The minimum Gasteiger partial charge on any atom is -0.372 e. The Morgan fingerprint density at radius 1 is 1.22 bits per heavy atom. The van der Waals surface area contributed by atoms with E-state index in [1.54, 1.807) is 0 Å². The Morgan fingerprint density at radius 2 is 1.83 bits per heavy atom.